The molecule has 0 atom stereocenters. The molecule has 8 heteroatoms. The van der Waals surface area contributed by atoms with Gasteiger partial charge in [-0.25, -0.2) is 13.3 Å². The Bertz CT molecular complexity index is 920. The number of carbonyl (C=O) groups is 2. The van der Waals surface area contributed by atoms with Gasteiger partial charge in [0.05, 0.1) is 23.4 Å². The highest BCUT2D eigenvalue weighted by atomic mass is 35.7. The van der Waals surface area contributed by atoms with E-state index >= 15 is 0 Å². The van der Waals surface area contributed by atoms with E-state index in [1.807, 2.05) is 0 Å². The summed E-state index contributed by atoms with van der Waals surface area (Å²) >= 11 is 0. The van der Waals surface area contributed by atoms with Crippen molar-refractivity contribution in [3.8, 4) is 5.75 Å². The van der Waals surface area contributed by atoms with Crippen LogP contribution < -0.4 is 9.64 Å². The molecule has 0 saturated heterocycles. The average Bonchev–Trinajstić information content (AvgIpc) is 2.78. The Morgan fingerprint density at radius 3 is 2.12 bits per heavy atom. The Hall–Kier alpha value is -2.38. The minimum atomic E-state index is -4.02. The van der Waals surface area contributed by atoms with Crippen LogP contribution in [0.5, 0.6) is 5.75 Å². The highest BCUT2D eigenvalue weighted by molar-refractivity contribution is 8.13. The van der Waals surface area contributed by atoms with Crippen molar-refractivity contribution in [1.29, 1.82) is 0 Å². The standard InChI is InChI=1S/C16H12ClNO5S/c1-2-23-13-9-10(7-8-14(13)24(17,21)22)18-15(19)11-5-3-4-6-12(11)16(18)20/h3-9H,2H2,1H3. The maximum atomic E-state index is 12.5. The van der Waals surface area contributed by atoms with Gasteiger partial charge in [0.1, 0.15) is 10.6 Å². The Balaban J connectivity index is 2.10. The largest absolute Gasteiger partial charge is 0.492 e. The van der Waals surface area contributed by atoms with Crippen molar-refractivity contribution in [2.75, 3.05) is 11.5 Å². The summed E-state index contributed by atoms with van der Waals surface area (Å²) in [6, 6.07) is 10.4. The summed E-state index contributed by atoms with van der Waals surface area (Å²) in [6.45, 7) is 1.88. The smallest absolute Gasteiger partial charge is 0.266 e. The topological polar surface area (TPSA) is 80.8 Å². The summed E-state index contributed by atoms with van der Waals surface area (Å²) < 4.78 is 28.5. The van der Waals surface area contributed by atoms with Gasteiger partial charge >= 0.3 is 0 Å². The van der Waals surface area contributed by atoms with E-state index in [0.29, 0.717) is 11.1 Å². The van der Waals surface area contributed by atoms with Gasteiger partial charge in [-0.2, -0.15) is 0 Å². The maximum Gasteiger partial charge on any atom is 0.266 e. The van der Waals surface area contributed by atoms with Crippen LogP contribution in [0.15, 0.2) is 47.4 Å². The number of nitrogens with zero attached hydrogens (tertiary/aromatic N) is 1. The third kappa shape index (κ3) is 2.65. The minimum absolute atomic E-state index is 0.0124. The van der Waals surface area contributed by atoms with Crippen molar-refractivity contribution in [2.24, 2.45) is 0 Å². The van der Waals surface area contributed by atoms with Crippen molar-refractivity contribution >= 4 is 37.2 Å². The number of hydrogen-bond donors (Lipinski definition) is 0. The first-order chi connectivity index (χ1) is 11.3. The van der Waals surface area contributed by atoms with Gasteiger partial charge in [0.25, 0.3) is 20.9 Å². The molecule has 1 aliphatic heterocycles. The Morgan fingerprint density at radius 2 is 1.62 bits per heavy atom. The number of halogens is 1. The molecule has 0 unspecified atom stereocenters. The molecular formula is C16H12ClNO5S. The lowest BCUT2D eigenvalue weighted by Crippen LogP contribution is -2.29. The van der Waals surface area contributed by atoms with Crippen molar-refractivity contribution in [3.63, 3.8) is 0 Å². The normalized spacial score (nSPS) is 14.0. The number of rotatable bonds is 4. The van der Waals surface area contributed by atoms with Gasteiger partial charge in [0.15, 0.2) is 0 Å². The first-order valence-electron chi connectivity index (χ1n) is 7.04. The zero-order chi connectivity index (χ0) is 17.5. The lowest BCUT2D eigenvalue weighted by atomic mass is 10.1. The van der Waals surface area contributed by atoms with Gasteiger partial charge in [-0.15, -0.1) is 0 Å². The van der Waals surface area contributed by atoms with E-state index in [1.165, 1.54) is 18.2 Å². The van der Waals surface area contributed by atoms with Gasteiger partial charge in [0, 0.05) is 16.7 Å². The van der Waals surface area contributed by atoms with Crippen molar-refractivity contribution in [3.05, 3.63) is 53.6 Å². The molecule has 0 aromatic heterocycles. The van der Waals surface area contributed by atoms with E-state index in [2.05, 4.69) is 0 Å². The monoisotopic (exact) mass is 365 g/mol. The van der Waals surface area contributed by atoms with Crippen LogP contribution in [0.2, 0.25) is 0 Å². The van der Waals surface area contributed by atoms with Crippen LogP contribution in [0.4, 0.5) is 5.69 Å². The molecule has 2 aromatic carbocycles. The molecule has 0 spiro atoms. The highest BCUT2D eigenvalue weighted by Crippen LogP contribution is 2.35. The number of hydrogen-bond acceptors (Lipinski definition) is 5. The van der Waals surface area contributed by atoms with Crippen LogP contribution in [0.1, 0.15) is 27.6 Å². The van der Waals surface area contributed by atoms with E-state index in [1.54, 1.807) is 31.2 Å². The van der Waals surface area contributed by atoms with Crippen LogP contribution in [0.25, 0.3) is 0 Å². The van der Waals surface area contributed by atoms with Crippen LogP contribution in [0, 0.1) is 0 Å². The Morgan fingerprint density at radius 1 is 1.04 bits per heavy atom. The zero-order valence-corrected chi connectivity index (χ0v) is 14.1. The predicted molar refractivity (Wildman–Crippen MR) is 88.2 cm³/mol. The number of fused-ring (bicyclic) bond motifs is 1. The van der Waals surface area contributed by atoms with E-state index in [-0.39, 0.29) is 22.9 Å². The molecule has 0 N–H and O–H groups in total. The first-order valence-corrected chi connectivity index (χ1v) is 9.35. The van der Waals surface area contributed by atoms with Crippen LogP contribution >= 0.6 is 10.7 Å². The Kier molecular flexibility index (Phi) is 4.06. The number of carbonyl (C=O) groups excluding carboxylic acids is 2. The molecular weight excluding hydrogens is 354 g/mol. The summed E-state index contributed by atoms with van der Waals surface area (Å²) in [5.41, 5.74) is 0.817. The molecule has 124 valence electrons. The van der Waals surface area contributed by atoms with Crippen molar-refractivity contribution < 1.29 is 22.7 Å². The second-order valence-corrected chi connectivity index (χ2v) is 7.53. The summed E-state index contributed by atoms with van der Waals surface area (Å²) in [4.78, 5) is 25.7. The lowest BCUT2D eigenvalue weighted by molar-refractivity contribution is 0.0926. The molecule has 6 nitrogen and oxygen atoms in total. The second kappa shape index (κ2) is 5.92. The highest BCUT2D eigenvalue weighted by Gasteiger charge is 2.36. The van der Waals surface area contributed by atoms with E-state index in [9.17, 15) is 18.0 Å². The molecule has 0 bridgehead atoms. The first kappa shape index (κ1) is 16.5. The molecule has 2 amide bonds. The number of anilines is 1. The van der Waals surface area contributed by atoms with Gasteiger partial charge < -0.3 is 4.74 Å². The number of benzene rings is 2. The molecule has 1 heterocycles. The van der Waals surface area contributed by atoms with Crippen molar-refractivity contribution in [1.82, 2.24) is 0 Å². The lowest BCUT2D eigenvalue weighted by Gasteiger charge is -2.16. The molecule has 0 saturated carbocycles. The molecule has 24 heavy (non-hydrogen) atoms. The molecule has 0 fully saturated rings. The number of imide groups is 1. The molecule has 2 aromatic rings. The van der Waals surface area contributed by atoms with Crippen LogP contribution in [0.3, 0.4) is 0 Å². The molecule has 3 rings (SSSR count). The number of ether oxygens (including phenoxy) is 1. The minimum Gasteiger partial charge on any atom is -0.492 e. The fraction of sp³-hybridized carbons (Fsp3) is 0.125. The second-order valence-electron chi connectivity index (χ2n) is 4.99. The van der Waals surface area contributed by atoms with E-state index in [0.717, 1.165) is 4.90 Å². The summed E-state index contributed by atoms with van der Waals surface area (Å²) in [5, 5.41) is 0. The van der Waals surface area contributed by atoms with Crippen molar-refractivity contribution in [2.45, 2.75) is 11.8 Å². The molecule has 0 aliphatic carbocycles. The summed E-state index contributed by atoms with van der Waals surface area (Å²) in [7, 11) is 1.37. The summed E-state index contributed by atoms with van der Waals surface area (Å²) in [6.07, 6.45) is 0. The van der Waals surface area contributed by atoms with Gasteiger partial charge in [-0.05, 0) is 31.2 Å². The van der Waals surface area contributed by atoms with Gasteiger partial charge in [-0.1, -0.05) is 12.1 Å². The zero-order valence-electron chi connectivity index (χ0n) is 12.5. The fourth-order valence-corrected chi connectivity index (χ4v) is 3.50. The third-order valence-electron chi connectivity index (χ3n) is 3.54. The predicted octanol–water partition coefficient (Wildman–Crippen LogP) is 2.81. The maximum absolute atomic E-state index is 12.5. The van der Waals surface area contributed by atoms with Crippen LogP contribution in [-0.4, -0.2) is 26.8 Å². The molecule has 0 radical (unpaired) electrons. The number of amides is 2. The van der Waals surface area contributed by atoms with E-state index < -0.39 is 20.9 Å². The van der Waals surface area contributed by atoms with Gasteiger partial charge in [0.2, 0.25) is 0 Å². The summed E-state index contributed by atoms with van der Waals surface area (Å²) in [5.74, 6) is -0.958. The Labute approximate surface area is 143 Å². The fourth-order valence-electron chi connectivity index (χ4n) is 2.53. The quantitative estimate of drug-likeness (QED) is 0.614. The molecule has 1 aliphatic rings. The van der Waals surface area contributed by atoms with E-state index in [4.69, 9.17) is 15.4 Å². The SMILES string of the molecule is CCOc1cc(N2C(=O)c3ccccc3C2=O)ccc1S(=O)(=O)Cl. The van der Waals surface area contributed by atoms with Gasteiger partial charge in [-0.3, -0.25) is 9.59 Å². The van der Waals surface area contributed by atoms with Crippen LogP contribution in [-0.2, 0) is 9.05 Å². The third-order valence-corrected chi connectivity index (χ3v) is 4.90. The average molecular weight is 366 g/mol.